The summed E-state index contributed by atoms with van der Waals surface area (Å²) in [5.41, 5.74) is 1.69. The van der Waals surface area contributed by atoms with Crippen molar-refractivity contribution in [2.75, 3.05) is 0 Å². The molecular formula is C18H10BrNOS. The van der Waals surface area contributed by atoms with E-state index in [0.29, 0.717) is 10.5 Å². The van der Waals surface area contributed by atoms with Crippen LogP contribution in [0.15, 0.2) is 69.6 Å². The van der Waals surface area contributed by atoms with Crippen molar-refractivity contribution in [2.45, 2.75) is 0 Å². The highest BCUT2D eigenvalue weighted by atomic mass is 79.9. The summed E-state index contributed by atoms with van der Waals surface area (Å²) in [5, 5.41) is 3.04. The zero-order chi connectivity index (χ0) is 15.1. The normalized spacial score (nSPS) is 11.1. The minimum atomic E-state index is 0.543. The summed E-state index contributed by atoms with van der Waals surface area (Å²) in [7, 11) is 0. The molecule has 4 aromatic rings. The first-order valence-corrected chi connectivity index (χ1v) is 8.01. The van der Waals surface area contributed by atoms with Gasteiger partial charge in [0.15, 0.2) is 0 Å². The molecule has 0 spiro atoms. The molecule has 4 rings (SSSR count). The molecule has 0 unspecified atom stereocenters. The molecular weight excluding hydrogens is 358 g/mol. The van der Waals surface area contributed by atoms with E-state index in [0.717, 1.165) is 31.8 Å². The Hall–Kier alpha value is -2.04. The third kappa shape index (κ3) is 2.25. The Morgan fingerprint density at radius 2 is 1.64 bits per heavy atom. The Balaban J connectivity index is 2.08. The van der Waals surface area contributed by atoms with Gasteiger partial charge in [-0.15, -0.1) is 0 Å². The zero-order valence-corrected chi connectivity index (χ0v) is 13.8. The highest BCUT2D eigenvalue weighted by Crippen LogP contribution is 2.29. The summed E-state index contributed by atoms with van der Waals surface area (Å²) in [6, 6.07) is 20.0. The van der Waals surface area contributed by atoms with Crippen LogP contribution < -0.4 is 0 Å². The van der Waals surface area contributed by atoms with Crippen molar-refractivity contribution >= 4 is 49.9 Å². The standard InChI is InChI=1S/C18H10BrNOS/c19-13-8-5-12(6-9-13)17-20-18(22)15-10-7-11-3-1-2-4-14(11)16(15)21-17/h1-10H. The molecule has 106 valence electrons. The van der Waals surface area contributed by atoms with Crippen molar-refractivity contribution in [3.05, 3.63) is 69.8 Å². The van der Waals surface area contributed by atoms with Crippen LogP contribution in [0.2, 0.25) is 0 Å². The Morgan fingerprint density at radius 3 is 2.45 bits per heavy atom. The number of rotatable bonds is 1. The smallest absolute Gasteiger partial charge is 0.227 e. The van der Waals surface area contributed by atoms with Crippen LogP contribution in [-0.4, -0.2) is 4.98 Å². The molecule has 0 atom stereocenters. The van der Waals surface area contributed by atoms with E-state index in [-0.39, 0.29) is 0 Å². The van der Waals surface area contributed by atoms with E-state index in [1.165, 1.54) is 0 Å². The zero-order valence-electron chi connectivity index (χ0n) is 11.4. The lowest BCUT2D eigenvalue weighted by molar-refractivity contribution is 0.600. The summed E-state index contributed by atoms with van der Waals surface area (Å²) < 4.78 is 7.66. The van der Waals surface area contributed by atoms with Crippen molar-refractivity contribution in [1.82, 2.24) is 4.98 Å². The quantitative estimate of drug-likeness (QED) is 0.298. The van der Waals surface area contributed by atoms with Gasteiger partial charge in [-0.2, -0.15) is 0 Å². The highest BCUT2D eigenvalue weighted by molar-refractivity contribution is 9.10. The minimum absolute atomic E-state index is 0.543. The van der Waals surface area contributed by atoms with E-state index in [4.69, 9.17) is 16.6 Å². The molecule has 0 amide bonds. The van der Waals surface area contributed by atoms with Gasteiger partial charge in [0.2, 0.25) is 5.89 Å². The SMILES string of the molecule is S=c1nc(-c2ccc(Br)cc2)oc2c1ccc1ccccc12. The Kier molecular flexibility index (Phi) is 3.28. The molecule has 3 aromatic carbocycles. The van der Waals surface area contributed by atoms with E-state index in [2.05, 4.69) is 27.0 Å². The Bertz CT molecular complexity index is 1050. The largest absolute Gasteiger partial charge is 0.437 e. The molecule has 0 aliphatic carbocycles. The second-order valence-electron chi connectivity index (χ2n) is 4.99. The molecule has 0 saturated heterocycles. The van der Waals surface area contributed by atoms with Crippen LogP contribution in [0.1, 0.15) is 0 Å². The maximum Gasteiger partial charge on any atom is 0.227 e. The molecule has 1 heterocycles. The average molecular weight is 368 g/mol. The summed E-state index contributed by atoms with van der Waals surface area (Å²) in [4.78, 5) is 4.44. The van der Waals surface area contributed by atoms with Gasteiger partial charge in [-0.3, -0.25) is 0 Å². The third-order valence-electron chi connectivity index (χ3n) is 3.60. The van der Waals surface area contributed by atoms with Crippen LogP contribution in [-0.2, 0) is 0 Å². The number of hydrogen-bond acceptors (Lipinski definition) is 3. The van der Waals surface area contributed by atoms with Gasteiger partial charge in [0.05, 0.1) is 5.39 Å². The number of hydrogen-bond donors (Lipinski definition) is 0. The van der Waals surface area contributed by atoms with Gasteiger partial charge in [0.1, 0.15) is 10.2 Å². The highest BCUT2D eigenvalue weighted by Gasteiger charge is 2.09. The van der Waals surface area contributed by atoms with Crippen molar-refractivity contribution in [1.29, 1.82) is 0 Å². The number of halogens is 1. The molecule has 0 aliphatic heterocycles. The second kappa shape index (κ2) is 5.30. The molecule has 0 fully saturated rings. The number of benzene rings is 3. The lowest BCUT2D eigenvalue weighted by Crippen LogP contribution is -1.87. The third-order valence-corrected chi connectivity index (χ3v) is 4.44. The van der Waals surface area contributed by atoms with Crippen LogP contribution in [0.4, 0.5) is 0 Å². The van der Waals surface area contributed by atoms with Gasteiger partial charge in [-0.1, -0.05) is 58.5 Å². The molecule has 22 heavy (non-hydrogen) atoms. The molecule has 0 aliphatic rings. The summed E-state index contributed by atoms with van der Waals surface area (Å²) in [6.07, 6.45) is 0. The second-order valence-corrected chi connectivity index (χ2v) is 6.30. The molecule has 0 radical (unpaired) electrons. The van der Waals surface area contributed by atoms with E-state index < -0.39 is 0 Å². The first kappa shape index (κ1) is 13.6. The van der Waals surface area contributed by atoms with Gasteiger partial charge in [0.25, 0.3) is 0 Å². The van der Waals surface area contributed by atoms with Gasteiger partial charge in [-0.05, 0) is 35.7 Å². The Labute approximate surface area is 140 Å². The summed E-state index contributed by atoms with van der Waals surface area (Å²) in [6.45, 7) is 0. The van der Waals surface area contributed by atoms with Crippen molar-refractivity contribution in [3.63, 3.8) is 0 Å². The monoisotopic (exact) mass is 367 g/mol. The van der Waals surface area contributed by atoms with Gasteiger partial charge in [-0.25, -0.2) is 4.98 Å². The average Bonchev–Trinajstić information content (AvgIpc) is 2.55. The first-order valence-electron chi connectivity index (χ1n) is 6.81. The van der Waals surface area contributed by atoms with Crippen LogP contribution in [0, 0.1) is 4.64 Å². The maximum absolute atomic E-state index is 6.09. The molecule has 2 nitrogen and oxygen atoms in total. The van der Waals surface area contributed by atoms with E-state index in [1.807, 2.05) is 54.6 Å². The fourth-order valence-electron chi connectivity index (χ4n) is 2.51. The molecule has 0 bridgehead atoms. The molecule has 0 N–H and O–H groups in total. The van der Waals surface area contributed by atoms with Crippen molar-refractivity contribution in [3.8, 4) is 11.5 Å². The van der Waals surface area contributed by atoms with Gasteiger partial charge in [0, 0.05) is 15.4 Å². The topological polar surface area (TPSA) is 26.0 Å². The lowest BCUT2D eigenvalue weighted by atomic mass is 10.1. The predicted octanol–water partition coefficient (Wildman–Crippen LogP) is 6.14. The first-order chi connectivity index (χ1) is 10.7. The molecule has 1 aromatic heterocycles. The molecule has 0 saturated carbocycles. The van der Waals surface area contributed by atoms with E-state index >= 15 is 0 Å². The van der Waals surface area contributed by atoms with Gasteiger partial charge >= 0.3 is 0 Å². The molecule has 4 heteroatoms. The van der Waals surface area contributed by atoms with E-state index in [1.54, 1.807) is 0 Å². The minimum Gasteiger partial charge on any atom is -0.437 e. The van der Waals surface area contributed by atoms with Crippen molar-refractivity contribution < 1.29 is 4.42 Å². The van der Waals surface area contributed by atoms with Crippen LogP contribution in [0.3, 0.4) is 0 Å². The lowest BCUT2D eigenvalue weighted by Gasteiger charge is -2.06. The predicted molar refractivity (Wildman–Crippen MR) is 95.5 cm³/mol. The number of aromatic nitrogens is 1. The number of nitrogens with zero attached hydrogens (tertiary/aromatic N) is 1. The van der Waals surface area contributed by atoms with Crippen molar-refractivity contribution in [2.24, 2.45) is 0 Å². The summed E-state index contributed by atoms with van der Waals surface area (Å²) >= 11 is 8.88. The van der Waals surface area contributed by atoms with Gasteiger partial charge < -0.3 is 4.42 Å². The maximum atomic E-state index is 6.09. The van der Waals surface area contributed by atoms with Crippen LogP contribution >= 0.6 is 28.1 Å². The summed E-state index contributed by atoms with van der Waals surface area (Å²) in [5.74, 6) is 0.543. The Morgan fingerprint density at radius 1 is 0.864 bits per heavy atom. The van der Waals surface area contributed by atoms with Crippen LogP contribution in [0.5, 0.6) is 0 Å². The van der Waals surface area contributed by atoms with Crippen LogP contribution in [0.25, 0.3) is 33.2 Å². The fraction of sp³-hybridized carbons (Fsp3) is 0. The van der Waals surface area contributed by atoms with E-state index in [9.17, 15) is 0 Å². The fourth-order valence-corrected chi connectivity index (χ4v) is 3.02. The number of fused-ring (bicyclic) bond motifs is 3.